The van der Waals surface area contributed by atoms with E-state index in [9.17, 15) is 10.2 Å². The zero-order valence-corrected chi connectivity index (χ0v) is 54.6. The Morgan fingerprint density at radius 2 is 0.892 bits per heavy atom. The van der Waals surface area contributed by atoms with Gasteiger partial charge in [-0.3, -0.25) is 0 Å². The first-order chi connectivity index (χ1) is 36.2. The number of hydrogen-bond acceptors (Lipinski definition) is 24. The summed E-state index contributed by atoms with van der Waals surface area (Å²) in [5, 5.41) is 20.2. The van der Waals surface area contributed by atoms with Crippen LogP contribution in [0.4, 0.5) is 0 Å². The summed E-state index contributed by atoms with van der Waals surface area (Å²) in [5.41, 5.74) is 0. The quantitative estimate of drug-likeness (QED) is 0.0207. The molecule has 3 unspecified atom stereocenters. The molecule has 5 fully saturated rings. The molecule has 3 atom stereocenters. The number of aliphatic hydroxyl groups excluding tert-OH is 2. The Balaban J connectivity index is 0.000000404. The lowest BCUT2D eigenvalue weighted by Crippen LogP contribution is -2.38. The lowest BCUT2D eigenvalue weighted by atomic mass is 10.4. The Morgan fingerprint density at radius 1 is 0.500 bits per heavy atom. The Hall–Kier alpha value is 2.81. The predicted molar refractivity (Wildman–Crippen MR) is 325 cm³/mol. The lowest BCUT2D eigenvalue weighted by Gasteiger charge is -2.22. The van der Waals surface area contributed by atoms with Crippen LogP contribution in [-0.4, -0.2) is 261 Å². The molecular weight excluding hydrogens is 1160 g/mol. The lowest BCUT2D eigenvalue weighted by molar-refractivity contribution is 0.0474. The molecule has 5 heterocycles. The van der Waals surface area contributed by atoms with Crippen molar-refractivity contribution in [3.63, 3.8) is 0 Å². The van der Waals surface area contributed by atoms with Gasteiger partial charge in [-0.1, -0.05) is 0 Å². The summed E-state index contributed by atoms with van der Waals surface area (Å²) >= 11 is 19.7. The van der Waals surface area contributed by atoms with Crippen molar-refractivity contribution in [1.82, 2.24) is 0 Å². The summed E-state index contributed by atoms with van der Waals surface area (Å²) in [7, 11) is -3.13. The van der Waals surface area contributed by atoms with Gasteiger partial charge in [-0.15, -0.1) is 0 Å². The first-order valence-electron chi connectivity index (χ1n) is 26.7. The fourth-order valence-corrected chi connectivity index (χ4v) is 20.0. The van der Waals surface area contributed by atoms with Crippen molar-refractivity contribution in [2.24, 2.45) is 0 Å². The fourth-order valence-electron chi connectivity index (χ4n) is 7.11. The molecule has 0 saturated carbocycles. The van der Waals surface area contributed by atoms with Gasteiger partial charge in [-0.2, -0.15) is 95.8 Å². The molecule has 27 heteroatoms. The number of thiol groups is 2. The number of hydrogen-bond donors (Lipinski definition) is 4. The summed E-state index contributed by atoms with van der Waals surface area (Å²) in [6.07, 6.45) is 7.17. The van der Waals surface area contributed by atoms with Gasteiger partial charge in [0.1, 0.15) is 6.10 Å². The largest absolute Gasteiger partial charge is 0.501 e. The number of fused-ring (bicyclic) bond motifs is 4. The highest BCUT2D eigenvalue weighted by atomic mass is 32.2. The van der Waals surface area contributed by atoms with Crippen LogP contribution in [0.25, 0.3) is 0 Å². The van der Waals surface area contributed by atoms with E-state index in [1.54, 1.807) is 37.7 Å². The summed E-state index contributed by atoms with van der Waals surface area (Å²) in [4.78, 5) is 0. The highest BCUT2D eigenvalue weighted by molar-refractivity contribution is 8.00. The number of epoxide rings is 1. The van der Waals surface area contributed by atoms with Gasteiger partial charge < -0.3 is 74.0 Å². The van der Waals surface area contributed by atoms with Gasteiger partial charge in [0, 0.05) is 80.6 Å². The molecule has 5 rings (SSSR count). The average molecular weight is 1260 g/mol. The van der Waals surface area contributed by atoms with Gasteiger partial charge in [-0.25, -0.2) is 0 Å². The number of ether oxygens (including phenoxy) is 6. The van der Waals surface area contributed by atoms with Gasteiger partial charge in [-0.05, 0) is 104 Å². The van der Waals surface area contributed by atoms with E-state index in [0.717, 1.165) is 154 Å². The van der Waals surface area contributed by atoms with Gasteiger partial charge in [0.15, 0.2) is 0 Å². The van der Waals surface area contributed by atoms with E-state index in [4.69, 9.17) is 63.8 Å². The van der Waals surface area contributed by atoms with Crippen LogP contribution in [0.1, 0.15) is 44.9 Å². The molecule has 4 bridgehead atoms. The summed E-state index contributed by atoms with van der Waals surface area (Å²) in [6, 6.07) is 2.58. The predicted octanol–water partition coefficient (Wildman–Crippen LogP) is 7.29. The third kappa shape index (κ3) is 37.1. The molecule has 440 valence electrons. The van der Waals surface area contributed by atoms with Crippen LogP contribution in [0.5, 0.6) is 0 Å². The van der Waals surface area contributed by atoms with Crippen LogP contribution in [-0.2, 0) is 63.8 Å². The molecular formula is C47H96O16S8Si3. The van der Waals surface area contributed by atoms with Gasteiger partial charge in [0.2, 0.25) is 0 Å². The van der Waals surface area contributed by atoms with E-state index in [0.29, 0.717) is 70.5 Å². The second kappa shape index (κ2) is 47.2. The number of thioether (sulfide) groups is 6. The van der Waals surface area contributed by atoms with Crippen LogP contribution in [0, 0.1) is 0 Å². The van der Waals surface area contributed by atoms with Crippen LogP contribution >= 0.6 is 95.8 Å². The maximum Gasteiger partial charge on any atom is 0.501 e. The Morgan fingerprint density at radius 3 is 1.26 bits per heavy atom. The highest BCUT2D eigenvalue weighted by Gasteiger charge is 2.55. The highest BCUT2D eigenvalue weighted by Crippen LogP contribution is 2.33. The second-order valence-corrected chi connectivity index (χ2v) is 35.2. The van der Waals surface area contributed by atoms with Crippen LogP contribution in [0.15, 0.2) is 0 Å². The maximum absolute atomic E-state index is 10.1. The van der Waals surface area contributed by atoms with Crippen molar-refractivity contribution in [2.45, 2.75) is 100 Å². The summed E-state index contributed by atoms with van der Waals surface area (Å²) in [6.45, 7) is 12.5. The van der Waals surface area contributed by atoms with Gasteiger partial charge >= 0.3 is 26.2 Å². The molecule has 0 aliphatic carbocycles. The van der Waals surface area contributed by atoms with E-state index < -0.39 is 38.4 Å². The third-order valence-electron chi connectivity index (χ3n) is 11.5. The average Bonchev–Trinajstić information content (AvgIpc) is 3.66. The molecule has 0 aromatic rings. The fraction of sp³-hybridized carbons (Fsp3) is 1.00. The topological polar surface area (TPSA) is 173 Å². The van der Waals surface area contributed by atoms with Crippen molar-refractivity contribution in [2.75, 3.05) is 194 Å². The molecule has 0 spiro atoms. The Bertz CT molecular complexity index is 1200. The smallest absolute Gasteiger partial charge is 0.398 e. The van der Waals surface area contributed by atoms with E-state index in [-0.39, 0.29) is 12.2 Å². The van der Waals surface area contributed by atoms with Crippen LogP contribution in [0.3, 0.4) is 0 Å². The summed E-state index contributed by atoms with van der Waals surface area (Å²) in [5.74, 6) is 14.5. The van der Waals surface area contributed by atoms with Gasteiger partial charge in [0.25, 0.3) is 0 Å². The molecule has 5 aliphatic rings. The van der Waals surface area contributed by atoms with E-state index in [1.807, 2.05) is 47.0 Å². The van der Waals surface area contributed by atoms with Crippen molar-refractivity contribution in [3.05, 3.63) is 0 Å². The number of aliphatic hydroxyl groups is 2. The summed E-state index contributed by atoms with van der Waals surface area (Å²) < 4.78 is 78.2. The van der Waals surface area contributed by atoms with Crippen LogP contribution in [0.2, 0.25) is 24.7 Å². The van der Waals surface area contributed by atoms with Crippen molar-refractivity contribution >= 4 is 122 Å². The number of rotatable bonds is 50. The molecule has 16 nitrogen and oxygen atoms in total. The van der Waals surface area contributed by atoms with E-state index >= 15 is 0 Å². The minimum absolute atomic E-state index is 0.145. The van der Waals surface area contributed by atoms with Gasteiger partial charge in [0.05, 0.1) is 104 Å². The first kappa shape index (κ1) is 71.1. The first-order valence-corrected chi connectivity index (χ1v) is 41.3. The molecule has 5 aliphatic heterocycles. The molecule has 0 amide bonds. The third-order valence-corrected chi connectivity index (χ3v) is 27.3. The molecule has 0 aromatic carbocycles. The van der Waals surface area contributed by atoms with E-state index in [1.165, 1.54) is 24.3 Å². The SMILES string of the molecule is CO[Si](C)(CCCOCC1CO1)OC.OC(COCCC[Si]12OCC(CO1)O2)CSCCCSCCOCCSCCCSCC(O)COCCC[Si]12OCC(CO1)O2.SCCCSCCOCCSCCCS. The zero-order chi connectivity index (χ0) is 53.1. The van der Waals surface area contributed by atoms with Crippen LogP contribution < -0.4 is 0 Å². The maximum atomic E-state index is 10.1. The molecule has 74 heavy (non-hydrogen) atoms. The Kier molecular flexibility index (Phi) is 45.3. The van der Waals surface area contributed by atoms with Crippen molar-refractivity contribution < 1.29 is 74.0 Å². The monoisotopic (exact) mass is 1260 g/mol. The molecule has 2 N–H and O–H groups in total. The second-order valence-electron chi connectivity index (χ2n) is 18.1. The molecule has 5 saturated heterocycles. The standard InChI is InChI=1S/C28H54O11S4Si2.C10H22OS4.C9H20O4Si/c29-25(17-32-5-1-15-44-34-19-27(38-44)20-35-44)23-42-11-3-9-40-13-7-31-8-14-41-10-4-12-43-24-26(30)18-33-6-2-16-45-36-21-28(39-45)22-37-45;12-5-1-7-14-9-3-11-4-10-15-8-2-6-13;1-10-14(3,11-2)6-4-5-12-7-9-8-13-9/h25-30H,1-24H2;12-13H,1-10H2;9H,4-8H2,1-3H3. The molecule has 0 radical (unpaired) electrons. The minimum Gasteiger partial charge on any atom is -0.398 e. The molecule has 0 aromatic heterocycles. The van der Waals surface area contributed by atoms with E-state index in [2.05, 4.69) is 31.8 Å². The van der Waals surface area contributed by atoms with Crippen molar-refractivity contribution in [3.8, 4) is 0 Å². The van der Waals surface area contributed by atoms with Crippen molar-refractivity contribution in [1.29, 1.82) is 0 Å². The minimum atomic E-state index is -2.35. The normalized spacial score (nSPS) is 23.5. The zero-order valence-electron chi connectivity index (χ0n) is 44.9. The Labute approximate surface area is 486 Å².